The van der Waals surface area contributed by atoms with Gasteiger partial charge in [0.05, 0.1) is 6.04 Å². The standard InChI is InChI=1S/C25H38N4O3/c1-17(2)21(27-23(30)18(3)26-4)24(31)29-16-13-20-11-8-14-28(25(32)22(20)29)15-12-19-9-6-5-7-10-19/h5-7,9-10,17-18,20-22,26H,8,11-16H2,1-4H3,(H,27,30). The van der Waals surface area contributed by atoms with Gasteiger partial charge in [0, 0.05) is 19.6 Å². The fourth-order valence-electron chi connectivity index (χ4n) is 4.81. The molecular weight excluding hydrogens is 404 g/mol. The molecule has 4 atom stereocenters. The molecule has 32 heavy (non-hydrogen) atoms. The van der Waals surface area contributed by atoms with Crippen LogP contribution in [0.1, 0.15) is 45.6 Å². The second-order valence-corrected chi connectivity index (χ2v) is 9.47. The molecule has 0 aliphatic carbocycles. The molecule has 3 rings (SSSR count). The Morgan fingerprint density at radius 3 is 2.47 bits per heavy atom. The van der Waals surface area contributed by atoms with E-state index in [0.29, 0.717) is 13.1 Å². The first-order valence-corrected chi connectivity index (χ1v) is 11.9. The van der Waals surface area contributed by atoms with Gasteiger partial charge in [-0.1, -0.05) is 44.2 Å². The molecule has 0 radical (unpaired) electrons. The number of fused-ring (bicyclic) bond motifs is 1. The van der Waals surface area contributed by atoms with Crippen molar-refractivity contribution in [1.82, 2.24) is 20.4 Å². The molecule has 4 unspecified atom stereocenters. The summed E-state index contributed by atoms with van der Waals surface area (Å²) in [5.41, 5.74) is 1.21. The number of benzene rings is 1. The van der Waals surface area contributed by atoms with Gasteiger partial charge in [-0.15, -0.1) is 0 Å². The van der Waals surface area contributed by atoms with Crippen molar-refractivity contribution in [1.29, 1.82) is 0 Å². The van der Waals surface area contributed by atoms with E-state index >= 15 is 0 Å². The van der Waals surface area contributed by atoms with Crippen LogP contribution in [0.4, 0.5) is 0 Å². The fraction of sp³-hybridized carbons (Fsp3) is 0.640. The van der Waals surface area contributed by atoms with Crippen LogP contribution in [0.2, 0.25) is 0 Å². The van der Waals surface area contributed by atoms with Crippen LogP contribution in [0.5, 0.6) is 0 Å². The predicted molar refractivity (Wildman–Crippen MR) is 125 cm³/mol. The quantitative estimate of drug-likeness (QED) is 0.644. The lowest BCUT2D eigenvalue weighted by Gasteiger charge is -2.34. The van der Waals surface area contributed by atoms with Crippen molar-refractivity contribution in [2.45, 2.75) is 64.6 Å². The van der Waals surface area contributed by atoms with Crippen LogP contribution in [-0.4, -0.2) is 72.3 Å². The first-order valence-electron chi connectivity index (χ1n) is 11.9. The summed E-state index contributed by atoms with van der Waals surface area (Å²) in [7, 11) is 1.72. The molecule has 3 amide bonds. The molecule has 1 aromatic rings. The molecule has 2 aliphatic heterocycles. The van der Waals surface area contributed by atoms with Gasteiger partial charge in [-0.25, -0.2) is 0 Å². The molecule has 0 bridgehead atoms. The van der Waals surface area contributed by atoms with Crippen molar-refractivity contribution in [2.75, 3.05) is 26.7 Å². The van der Waals surface area contributed by atoms with E-state index in [4.69, 9.17) is 0 Å². The Kier molecular flexibility index (Phi) is 8.29. The minimum Gasteiger partial charge on any atom is -0.343 e. The molecule has 0 saturated carbocycles. The maximum Gasteiger partial charge on any atom is 0.246 e. The lowest BCUT2D eigenvalue weighted by Crippen LogP contribution is -2.58. The number of hydrogen-bond acceptors (Lipinski definition) is 4. The van der Waals surface area contributed by atoms with Crippen LogP contribution < -0.4 is 10.6 Å². The summed E-state index contributed by atoms with van der Waals surface area (Å²) in [6.07, 6.45) is 3.58. The Bertz CT molecular complexity index is 798. The maximum atomic E-state index is 13.6. The van der Waals surface area contributed by atoms with Crippen molar-refractivity contribution in [3.63, 3.8) is 0 Å². The lowest BCUT2D eigenvalue weighted by atomic mass is 9.95. The zero-order valence-electron chi connectivity index (χ0n) is 19.8. The second-order valence-electron chi connectivity index (χ2n) is 9.47. The molecule has 2 N–H and O–H groups in total. The average molecular weight is 443 g/mol. The van der Waals surface area contributed by atoms with Crippen molar-refractivity contribution in [3.05, 3.63) is 35.9 Å². The molecule has 0 aromatic heterocycles. The van der Waals surface area contributed by atoms with Gasteiger partial charge in [-0.2, -0.15) is 0 Å². The fourth-order valence-corrected chi connectivity index (χ4v) is 4.81. The van der Waals surface area contributed by atoms with Gasteiger partial charge in [-0.3, -0.25) is 14.4 Å². The SMILES string of the molecule is CNC(C)C(=O)NC(C(=O)N1CCC2CCCN(CCc3ccccc3)C(=O)C21)C(C)C. The third kappa shape index (κ3) is 5.49. The topological polar surface area (TPSA) is 81.8 Å². The highest BCUT2D eigenvalue weighted by Crippen LogP contribution is 2.33. The molecule has 2 fully saturated rings. The van der Waals surface area contributed by atoms with Gasteiger partial charge >= 0.3 is 0 Å². The minimum atomic E-state index is -0.633. The van der Waals surface area contributed by atoms with Gasteiger partial charge in [0.15, 0.2) is 0 Å². The van der Waals surface area contributed by atoms with Gasteiger partial charge in [0.25, 0.3) is 0 Å². The van der Waals surface area contributed by atoms with E-state index in [1.54, 1.807) is 18.9 Å². The summed E-state index contributed by atoms with van der Waals surface area (Å²) in [4.78, 5) is 43.3. The highest BCUT2D eigenvalue weighted by atomic mass is 16.2. The van der Waals surface area contributed by atoms with E-state index in [-0.39, 0.29) is 35.6 Å². The van der Waals surface area contributed by atoms with Crippen LogP contribution >= 0.6 is 0 Å². The number of amides is 3. The molecule has 2 aliphatic rings. The highest BCUT2D eigenvalue weighted by Gasteiger charge is 2.46. The molecule has 7 heteroatoms. The first-order chi connectivity index (χ1) is 15.3. The van der Waals surface area contributed by atoms with E-state index in [1.807, 2.05) is 36.9 Å². The minimum absolute atomic E-state index is 0.0618. The number of hydrogen-bond donors (Lipinski definition) is 2. The molecule has 0 spiro atoms. The Balaban J connectivity index is 1.73. The van der Waals surface area contributed by atoms with Crippen molar-refractivity contribution < 1.29 is 14.4 Å². The molecular formula is C25H38N4O3. The average Bonchev–Trinajstić information content (AvgIpc) is 3.15. The Morgan fingerprint density at radius 2 is 1.81 bits per heavy atom. The van der Waals surface area contributed by atoms with Crippen LogP contribution in [0.15, 0.2) is 30.3 Å². The normalized spacial score (nSPS) is 23.0. The monoisotopic (exact) mass is 442 g/mol. The van der Waals surface area contributed by atoms with E-state index in [9.17, 15) is 14.4 Å². The molecule has 176 valence electrons. The van der Waals surface area contributed by atoms with E-state index in [1.165, 1.54) is 5.56 Å². The number of likely N-dealkylation sites (tertiary alicyclic amines) is 2. The van der Waals surface area contributed by atoms with Crippen LogP contribution in [0.3, 0.4) is 0 Å². The van der Waals surface area contributed by atoms with Gasteiger partial charge in [-0.05, 0) is 57.1 Å². The Morgan fingerprint density at radius 1 is 1.09 bits per heavy atom. The smallest absolute Gasteiger partial charge is 0.246 e. The van der Waals surface area contributed by atoms with Crippen LogP contribution in [-0.2, 0) is 20.8 Å². The van der Waals surface area contributed by atoms with E-state index in [2.05, 4.69) is 22.8 Å². The number of nitrogens with one attached hydrogen (secondary N) is 2. The van der Waals surface area contributed by atoms with Gasteiger partial charge in [0.1, 0.15) is 12.1 Å². The summed E-state index contributed by atoms with van der Waals surface area (Å²) < 4.78 is 0. The Hall–Kier alpha value is -2.41. The zero-order valence-corrected chi connectivity index (χ0v) is 19.8. The second kappa shape index (κ2) is 10.9. The summed E-state index contributed by atoms with van der Waals surface area (Å²) in [5.74, 6) is -0.140. The molecule has 2 heterocycles. The number of likely N-dealkylation sites (N-methyl/N-ethyl adjacent to an activating group) is 1. The van der Waals surface area contributed by atoms with Crippen LogP contribution in [0.25, 0.3) is 0 Å². The number of rotatable bonds is 8. The summed E-state index contributed by atoms with van der Waals surface area (Å²) in [6.45, 7) is 7.61. The first kappa shape index (κ1) is 24.2. The maximum absolute atomic E-state index is 13.6. The molecule has 1 aromatic carbocycles. The van der Waals surface area contributed by atoms with Gasteiger partial charge in [0.2, 0.25) is 17.7 Å². The zero-order chi connectivity index (χ0) is 23.3. The summed E-state index contributed by atoms with van der Waals surface area (Å²) in [6, 6.07) is 8.76. The predicted octanol–water partition coefficient (Wildman–Crippen LogP) is 1.82. The largest absolute Gasteiger partial charge is 0.343 e. The number of carbonyl (C=O) groups is 3. The molecule has 7 nitrogen and oxygen atoms in total. The third-order valence-electron chi connectivity index (χ3n) is 6.94. The number of nitrogens with zero attached hydrogens (tertiary/aromatic N) is 2. The summed E-state index contributed by atoms with van der Waals surface area (Å²) >= 11 is 0. The highest BCUT2D eigenvalue weighted by molar-refractivity contribution is 5.93. The van der Waals surface area contributed by atoms with Crippen molar-refractivity contribution in [3.8, 4) is 0 Å². The summed E-state index contributed by atoms with van der Waals surface area (Å²) in [5, 5.41) is 5.82. The van der Waals surface area contributed by atoms with Crippen LogP contribution in [0, 0.1) is 11.8 Å². The van der Waals surface area contributed by atoms with Crippen molar-refractivity contribution in [2.24, 2.45) is 11.8 Å². The van der Waals surface area contributed by atoms with Gasteiger partial charge < -0.3 is 20.4 Å². The molecule has 2 saturated heterocycles. The number of carbonyl (C=O) groups excluding carboxylic acids is 3. The van der Waals surface area contributed by atoms with E-state index < -0.39 is 12.1 Å². The Labute approximate surface area is 191 Å². The lowest BCUT2D eigenvalue weighted by molar-refractivity contribution is -0.146. The third-order valence-corrected chi connectivity index (χ3v) is 6.94. The van der Waals surface area contributed by atoms with Crippen molar-refractivity contribution >= 4 is 17.7 Å². The van der Waals surface area contributed by atoms with E-state index in [0.717, 1.165) is 32.2 Å².